The summed E-state index contributed by atoms with van der Waals surface area (Å²) in [6.07, 6.45) is 7.42. The number of benzene rings is 2. The molecular weight excluding hydrogens is 324 g/mol. The molecule has 0 aliphatic heterocycles. The summed E-state index contributed by atoms with van der Waals surface area (Å²) < 4.78 is 5.61. The van der Waals surface area contributed by atoms with Crippen LogP contribution in [0.5, 0.6) is 5.75 Å². The van der Waals surface area contributed by atoms with Gasteiger partial charge >= 0.3 is 0 Å². The van der Waals surface area contributed by atoms with Crippen molar-refractivity contribution in [1.82, 2.24) is 10.6 Å². The van der Waals surface area contributed by atoms with Crippen molar-refractivity contribution < 1.29 is 9.53 Å². The monoisotopic (exact) mass is 350 g/mol. The Hall–Kier alpha value is -2.33. The van der Waals surface area contributed by atoms with E-state index in [0.717, 1.165) is 42.0 Å². The number of amides is 1. The van der Waals surface area contributed by atoms with Crippen molar-refractivity contribution in [2.45, 2.75) is 12.8 Å². The highest BCUT2D eigenvalue weighted by Crippen LogP contribution is 2.42. The third-order valence-electron chi connectivity index (χ3n) is 5.54. The average Bonchev–Trinajstić information content (AvgIpc) is 3.29. The van der Waals surface area contributed by atoms with E-state index in [0.29, 0.717) is 6.54 Å². The molecule has 3 unspecified atom stereocenters. The lowest BCUT2D eigenvalue weighted by Crippen LogP contribution is -2.36. The molecule has 4 nitrogen and oxygen atoms in total. The van der Waals surface area contributed by atoms with Crippen LogP contribution in [0, 0.1) is 17.8 Å². The van der Waals surface area contributed by atoms with Gasteiger partial charge in [0.25, 0.3) is 5.91 Å². The molecular formula is C22H26N2O2. The Morgan fingerprint density at radius 2 is 1.92 bits per heavy atom. The Morgan fingerprint density at radius 3 is 2.73 bits per heavy atom. The Morgan fingerprint density at radius 1 is 1.04 bits per heavy atom. The quantitative estimate of drug-likeness (QED) is 0.568. The van der Waals surface area contributed by atoms with Crippen LogP contribution in [-0.2, 0) is 4.79 Å². The zero-order valence-electron chi connectivity index (χ0n) is 15.0. The number of carbonyl (C=O) groups is 1. The second-order valence-corrected chi connectivity index (χ2v) is 7.39. The molecule has 0 heterocycles. The number of hydrogen-bond donors (Lipinski definition) is 2. The van der Waals surface area contributed by atoms with Crippen LogP contribution in [0.1, 0.15) is 12.8 Å². The highest BCUT2D eigenvalue weighted by Gasteiger charge is 2.34. The van der Waals surface area contributed by atoms with E-state index in [9.17, 15) is 4.79 Å². The Bertz CT molecular complexity index is 802. The molecule has 1 amide bonds. The number of rotatable bonds is 8. The number of fused-ring (bicyclic) bond motifs is 3. The lowest BCUT2D eigenvalue weighted by molar-refractivity contribution is -0.123. The zero-order chi connectivity index (χ0) is 17.8. The highest BCUT2D eigenvalue weighted by atomic mass is 16.5. The number of allylic oxidation sites excluding steroid dienone is 2. The molecule has 2 bridgehead atoms. The SMILES string of the molecule is O=C(COc1ccc2ccccc2c1)NCCNCC1CC2C=CC1C2. The molecule has 2 aromatic carbocycles. The van der Waals surface area contributed by atoms with Gasteiger partial charge in [-0.2, -0.15) is 0 Å². The second-order valence-electron chi connectivity index (χ2n) is 7.39. The van der Waals surface area contributed by atoms with Crippen molar-refractivity contribution >= 4 is 16.7 Å². The first-order valence-corrected chi connectivity index (χ1v) is 9.55. The lowest BCUT2D eigenvalue weighted by Gasteiger charge is -2.18. The molecule has 2 aromatic rings. The van der Waals surface area contributed by atoms with Crippen LogP contribution in [0.4, 0.5) is 0 Å². The summed E-state index contributed by atoms with van der Waals surface area (Å²) in [6.45, 7) is 2.54. The van der Waals surface area contributed by atoms with Crippen LogP contribution < -0.4 is 15.4 Å². The molecule has 2 N–H and O–H groups in total. The third kappa shape index (κ3) is 4.07. The molecule has 1 saturated carbocycles. The van der Waals surface area contributed by atoms with Crippen LogP contribution in [0.2, 0.25) is 0 Å². The predicted molar refractivity (Wildman–Crippen MR) is 104 cm³/mol. The Labute approximate surface area is 154 Å². The molecule has 26 heavy (non-hydrogen) atoms. The lowest BCUT2D eigenvalue weighted by atomic mass is 9.94. The fraction of sp³-hybridized carbons (Fsp3) is 0.409. The van der Waals surface area contributed by atoms with Gasteiger partial charge in [-0.3, -0.25) is 4.79 Å². The number of carbonyl (C=O) groups excluding carboxylic acids is 1. The predicted octanol–water partition coefficient (Wildman–Crippen LogP) is 3.14. The summed E-state index contributed by atoms with van der Waals surface area (Å²) in [5.74, 6) is 3.01. The van der Waals surface area contributed by atoms with Crippen LogP contribution >= 0.6 is 0 Å². The van der Waals surface area contributed by atoms with Gasteiger partial charge in [0.05, 0.1) is 0 Å². The highest BCUT2D eigenvalue weighted by molar-refractivity contribution is 5.84. The van der Waals surface area contributed by atoms with E-state index in [-0.39, 0.29) is 12.5 Å². The molecule has 0 saturated heterocycles. The first-order chi connectivity index (χ1) is 12.8. The number of nitrogens with one attached hydrogen (secondary N) is 2. The minimum absolute atomic E-state index is 0.0511. The maximum atomic E-state index is 11.9. The van der Waals surface area contributed by atoms with Gasteiger partial charge in [0.1, 0.15) is 5.75 Å². The summed E-state index contributed by atoms with van der Waals surface area (Å²) in [6, 6.07) is 14.0. The van der Waals surface area contributed by atoms with Crippen molar-refractivity contribution in [1.29, 1.82) is 0 Å². The van der Waals surface area contributed by atoms with E-state index in [4.69, 9.17) is 4.74 Å². The van der Waals surface area contributed by atoms with Crippen molar-refractivity contribution in [3.63, 3.8) is 0 Å². The fourth-order valence-electron chi connectivity index (χ4n) is 4.16. The molecule has 0 radical (unpaired) electrons. The third-order valence-corrected chi connectivity index (χ3v) is 5.54. The summed E-state index contributed by atoms with van der Waals surface area (Å²) in [7, 11) is 0. The van der Waals surface area contributed by atoms with Gasteiger partial charge in [-0.1, -0.05) is 42.5 Å². The van der Waals surface area contributed by atoms with Gasteiger partial charge in [0, 0.05) is 13.1 Å². The van der Waals surface area contributed by atoms with Crippen molar-refractivity contribution in [3.8, 4) is 5.75 Å². The van der Waals surface area contributed by atoms with Crippen LogP contribution in [0.3, 0.4) is 0 Å². The molecule has 4 heteroatoms. The van der Waals surface area contributed by atoms with E-state index in [1.165, 1.54) is 18.2 Å². The van der Waals surface area contributed by atoms with E-state index in [1.807, 2.05) is 36.4 Å². The topological polar surface area (TPSA) is 50.4 Å². The largest absolute Gasteiger partial charge is 0.484 e. The maximum Gasteiger partial charge on any atom is 0.257 e. The molecule has 3 atom stereocenters. The van der Waals surface area contributed by atoms with Gasteiger partial charge in [0.2, 0.25) is 0 Å². The number of ether oxygens (including phenoxy) is 1. The van der Waals surface area contributed by atoms with Gasteiger partial charge in [-0.05, 0) is 60.0 Å². The van der Waals surface area contributed by atoms with E-state index in [2.05, 4.69) is 28.9 Å². The van der Waals surface area contributed by atoms with E-state index < -0.39 is 0 Å². The van der Waals surface area contributed by atoms with E-state index >= 15 is 0 Å². The first kappa shape index (κ1) is 17.1. The summed E-state index contributed by atoms with van der Waals surface area (Å²) in [5, 5.41) is 8.66. The summed E-state index contributed by atoms with van der Waals surface area (Å²) in [4.78, 5) is 11.9. The molecule has 0 spiro atoms. The Kier molecular flexibility index (Phi) is 5.21. The first-order valence-electron chi connectivity index (χ1n) is 9.55. The second kappa shape index (κ2) is 7.92. The smallest absolute Gasteiger partial charge is 0.257 e. The van der Waals surface area contributed by atoms with Gasteiger partial charge in [-0.25, -0.2) is 0 Å². The van der Waals surface area contributed by atoms with Crippen molar-refractivity contribution in [2.75, 3.05) is 26.2 Å². The summed E-state index contributed by atoms with van der Waals surface area (Å²) in [5.41, 5.74) is 0. The molecule has 136 valence electrons. The number of hydrogen-bond acceptors (Lipinski definition) is 3. The zero-order valence-corrected chi connectivity index (χ0v) is 15.0. The van der Waals surface area contributed by atoms with Crippen molar-refractivity contribution in [3.05, 3.63) is 54.6 Å². The average molecular weight is 350 g/mol. The van der Waals surface area contributed by atoms with Crippen LogP contribution in [0.15, 0.2) is 54.6 Å². The minimum Gasteiger partial charge on any atom is -0.484 e. The molecule has 0 aromatic heterocycles. The van der Waals surface area contributed by atoms with E-state index in [1.54, 1.807) is 0 Å². The Balaban J connectivity index is 1.12. The molecule has 1 fully saturated rings. The molecule has 2 aliphatic carbocycles. The van der Waals surface area contributed by atoms with Gasteiger partial charge < -0.3 is 15.4 Å². The fourth-order valence-corrected chi connectivity index (χ4v) is 4.16. The minimum atomic E-state index is -0.0807. The van der Waals surface area contributed by atoms with Crippen LogP contribution in [-0.4, -0.2) is 32.1 Å². The molecule has 2 aliphatic rings. The molecule has 4 rings (SSSR count). The standard InChI is InChI=1S/C22H26N2O2/c25-22(15-26-21-8-7-17-3-1-2-4-18(17)13-21)24-10-9-23-14-20-12-16-5-6-19(20)11-16/h1-8,13,16,19-20,23H,9-12,14-15H2,(H,24,25). The van der Waals surface area contributed by atoms with Crippen LogP contribution in [0.25, 0.3) is 10.8 Å². The maximum absolute atomic E-state index is 11.9. The summed E-state index contributed by atoms with van der Waals surface area (Å²) >= 11 is 0. The van der Waals surface area contributed by atoms with Gasteiger partial charge in [-0.15, -0.1) is 0 Å². The van der Waals surface area contributed by atoms with Crippen molar-refractivity contribution in [2.24, 2.45) is 17.8 Å². The normalized spacial score (nSPS) is 23.5. The van der Waals surface area contributed by atoms with Gasteiger partial charge in [0.15, 0.2) is 6.61 Å².